The summed E-state index contributed by atoms with van der Waals surface area (Å²) in [5.41, 5.74) is 1.81. The number of thiophene rings is 1. The Hall–Kier alpha value is -2.64. The van der Waals surface area contributed by atoms with E-state index >= 15 is 0 Å². The second kappa shape index (κ2) is 7.96. The molecular weight excluding hydrogens is 356 g/mol. The van der Waals surface area contributed by atoms with Gasteiger partial charge in [0, 0.05) is 33.2 Å². The van der Waals surface area contributed by atoms with Gasteiger partial charge < -0.3 is 5.32 Å². The van der Waals surface area contributed by atoms with Gasteiger partial charge in [0.05, 0.1) is 10.7 Å². The third-order valence-electron chi connectivity index (χ3n) is 3.41. The Bertz CT molecular complexity index is 878. The van der Waals surface area contributed by atoms with Crippen LogP contribution in [0.3, 0.4) is 0 Å². The third kappa shape index (κ3) is 4.46. The van der Waals surface area contributed by atoms with Crippen LogP contribution < -0.4 is 5.32 Å². The van der Waals surface area contributed by atoms with Gasteiger partial charge in [-0.25, -0.2) is 0 Å². The molecule has 1 heterocycles. The van der Waals surface area contributed by atoms with Crippen molar-refractivity contribution in [2.75, 3.05) is 11.1 Å². The number of carbonyl (C=O) groups excluding carboxylic acids is 1. The van der Waals surface area contributed by atoms with E-state index in [-0.39, 0.29) is 17.3 Å². The predicted molar refractivity (Wildman–Crippen MR) is 102 cm³/mol. The van der Waals surface area contributed by atoms with Crippen LogP contribution in [0.15, 0.2) is 70.9 Å². The average molecular weight is 370 g/mol. The molecule has 0 spiro atoms. The van der Waals surface area contributed by atoms with Gasteiger partial charge in [0.25, 0.3) is 5.69 Å². The molecule has 0 radical (unpaired) electrons. The van der Waals surface area contributed by atoms with Gasteiger partial charge in [-0.05, 0) is 29.6 Å². The molecule has 0 atom stereocenters. The van der Waals surface area contributed by atoms with Crippen LogP contribution in [0.1, 0.15) is 0 Å². The van der Waals surface area contributed by atoms with Crippen molar-refractivity contribution in [2.24, 2.45) is 0 Å². The summed E-state index contributed by atoms with van der Waals surface area (Å²) in [6.45, 7) is 0. The molecule has 1 N–H and O–H groups in total. The summed E-state index contributed by atoms with van der Waals surface area (Å²) < 4.78 is 0. The summed E-state index contributed by atoms with van der Waals surface area (Å²) in [6.07, 6.45) is 0. The van der Waals surface area contributed by atoms with Gasteiger partial charge in [0.2, 0.25) is 5.91 Å². The molecule has 7 heteroatoms. The van der Waals surface area contributed by atoms with Gasteiger partial charge in [-0.2, -0.15) is 0 Å². The Morgan fingerprint density at radius 1 is 1.08 bits per heavy atom. The van der Waals surface area contributed by atoms with E-state index in [0.717, 1.165) is 21.0 Å². The Kier molecular flexibility index (Phi) is 5.47. The Morgan fingerprint density at radius 2 is 1.84 bits per heavy atom. The molecule has 5 nitrogen and oxygen atoms in total. The zero-order valence-electron chi connectivity index (χ0n) is 13.0. The number of nitrogens with one attached hydrogen (secondary N) is 1. The van der Waals surface area contributed by atoms with E-state index in [1.165, 1.54) is 23.9 Å². The van der Waals surface area contributed by atoms with E-state index in [2.05, 4.69) is 5.32 Å². The number of anilines is 1. The van der Waals surface area contributed by atoms with Gasteiger partial charge in [-0.15, -0.1) is 23.1 Å². The number of nitro benzene ring substituents is 1. The summed E-state index contributed by atoms with van der Waals surface area (Å²) in [5.74, 6) is 0.115. The number of carbonyl (C=O) groups is 1. The summed E-state index contributed by atoms with van der Waals surface area (Å²) in [6, 6.07) is 17.8. The lowest BCUT2D eigenvalue weighted by molar-refractivity contribution is -0.384. The van der Waals surface area contributed by atoms with Crippen LogP contribution in [-0.2, 0) is 4.79 Å². The number of hydrogen-bond acceptors (Lipinski definition) is 5. The second-order valence-corrected chi connectivity index (χ2v) is 7.11. The lowest BCUT2D eigenvalue weighted by atomic mass is 10.1. The number of thioether (sulfide) groups is 1. The van der Waals surface area contributed by atoms with Crippen molar-refractivity contribution >= 4 is 40.4 Å². The monoisotopic (exact) mass is 370 g/mol. The number of para-hydroxylation sites is 1. The maximum atomic E-state index is 12.2. The Morgan fingerprint density at radius 3 is 2.52 bits per heavy atom. The molecule has 0 unspecified atom stereocenters. The zero-order valence-corrected chi connectivity index (χ0v) is 14.7. The molecule has 1 aromatic heterocycles. The molecule has 0 saturated heterocycles. The number of nitrogens with zero attached hydrogens (tertiary/aromatic N) is 1. The van der Waals surface area contributed by atoms with Crippen LogP contribution in [0, 0.1) is 10.1 Å². The molecule has 0 saturated carbocycles. The number of hydrogen-bond donors (Lipinski definition) is 1. The highest BCUT2D eigenvalue weighted by molar-refractivity contribution is 8.00. The molecule has 2 aromatic carbocycles. The van der Waals surface area contributed by atoms with Crippen molar-refractivity contribution in [3.8, 4) is 10.4 Å². The quantitative estimate of drug-likeness (QED) is 0.374. The van der Waals surface area contributed by atoms with Gasteiger partial charge in [0.1, 0.15) is 0 Å². The molecule has 3 aromatic rings. The van der Waals surface area contributed by atoms with Crippen LogP contribution in [0.4, 0.5) is 11.4 Å². The molecule has 126 valence electrons. The normalized spacial score (nSPS) is 10.4. The number of benzene rings is 2. The average Bonchev–Trinajstić information content (AvgIpc) is 3.15. The van der Waals surface area contributed by atoms with E-state index in [0.29, 0.717) is 0 Å². The summed E-state index contributed by atoms with van der Waals surface area (Å²) in [7, 11) is 0. The molecule has 3 rings (SSSR count). The molecular formula is C18H14N2O3S2. The molecule has 25 heavy (non-hydrogen) atoms. The summed E-state index contributed by atoms with van der Waals surface area (Å²) >= 11 is 2.96. The van der Waals surface area contributed by atoms with Crippen molar-refractivity contribution in [2.45, 2.75) is 4.90 Å². The summed E-state index contributed by atoms with van der Waals surface area (Å²) in [4.78, 5) is 24.4. The van der Waals surface area contributed by atoms with Crippen LogP contribution in [0.25, 0.3) is 10.4 Å². The second-order valence-electron chi connectivity index (χ2n) is 5.11. The molecule has 0 fully saturated rings. The van der Waals surface area contributed by atoms with E-state index in [9.17, 15) is 14.9 Å². The van der Waals surface area contributed by atoms with Crippen LogP contribution in [-0.4, -0.2) is 16.6 Å². The van der Waals surface area contributed by atoms with E-state index < -0.39 is 4.92 Å². The molecule has 0 aliphatic carbocycles. The zero-order chi connectivity index (χ0) is 17.6. The van der Waals surface area contributed by atoms with Gasteiger partial charge in [-0.1, -0.05) is 24.3 Å². The molecule has 1 amide bonds. The molecule has 0 bridgehead atoms. The first-order valence-corrected chi connectivity index (χ1v) is 9.30. The number of rotatable bonds is 6. The van der Waals surface area contributed by atoms with Crippen LogP contribution >= 0.6 is 23.1 Å². The summed E-state index contributed by atoms with van der Waals surface area (Å²) in [5, 5.41) is 15.6. The van der Waals surface area contributed by atoms with E-state index in [1.807, 2.05) is 41.8 Å². The topological polar surface area (TPSA) is 72.2 Å². The van der Waals surface area contributed by atoms with Gasteiger partial charge >= 0.3 is 0 Å². The first-order chi connectivity index (χ1) is 12.1. The third-order valence-corrected chi connectivity index (χ3v) is 5.32. The minimum atomic E-state index is -0.442. The first kappa shape index (κ1) is 17.2. The van der Waals surface area contributed by atoms with Crippen molar-refractivity contribution < 1.29 is 9.72 Å². The Balaban J connectivity index is 1.63. The van der Waals surface area contributed by atoms with Crippen molar-refractivity contribution in [3.63, 3.8) is 0 Å². The highest BCUT2D eigenvalue weighted by Gasteiger charge is 2.10. The van der Waals surface area contributed by atoms with Crippen molar-refractivity contribution in [1.29, 1.82) is 0 Å². The highest BCUT2D eigenvalue weighted by Crippen LogP contribution is 2.31. The number of non-ortho nitro benzene ring substituents is 1. The van der Waals surface area contributed by atoms with E-state index in [1.54, 1.807) is 23.5 Å². The van der Waals surface area contributed by atoms with Gasteiger partial charge in [-0.3, -0.25) is 14.9 Å². The number of amides is 1. The first-order valence-electron chi connectivity index (χ1n) is 7.43. The number of nitro groups is 1. The van der Waals surface area contributed by atoms with Crippen LogP contribution in [0.5, 0.6) is 0 Å². The SMILES string of the molecule is O=C(CSc1ccc([N+](=O)[O-])cc1)Nc1ccccc1-c1cccs1. The smallest absolute Gasteiger partial charge is 0.269 e. The fourth-order valence-electron chi connectivity index (χ4n) is 2.24. The fraction of sp³-hybridized carbons (Fsp3) is 0.0556. The molecule has 0 aliphatic rings. The lowest BCUT2D eigenvalue weighted by Crippen LogP contribution is -2.14. The largest absolute Gasteiger partial charge is 0.325 e. The maximum Gasteiger partial charge on any atom is 0.269 e. The highest BCUT2D eigenvalue weighted by atomic mass is 32.2. The van der Waals surface area contributed by atoms with Crippen LogP contribution in [0.2, 0.25) is 0 Å². The Labute approximate surface area is 152 Å². The maximum absolute atomic E-state index is 12.2. The van der Waals surface area contributed by atoms with Gasteiger partial charge in [0.15, 0.2) is 0 Å². The minimum Gasteiger partial charge on any atom is -0.325 e. The lowest BCUT2D eigenvalue weighted by Gasteiger charge is -2.10. The van der Waals surface area contributed by atoms with Crippen molar-refractivity contribution in [1.82, 2.24) is 0 Å². The predicted octanol–water partition coefficient (Wildman–Crippen LogP) is 5.05. The fourth-order valence-corrected chi connectivity index (χ4v) is 3.70. The molecule has 0 aliphatic heterocycles. The van der Waals surface area contributed by atoms with Crippen molar-refractivity contribution in [3.05, 3.63) is 76.2 Å². The standard InChI is InChI=1S/C18H14N2O3S2/c21-18(12-25-14-9-7-13(8-10-14)20(22)23)19-16-5-2-1-4-15(16)17-6-3-11-24-17/h1-11H,12H2,(H,19,21). The minimum absolute atomic E-state index is 0.0404. The van der Waals surface area contributed by atoms with E-state index in [4.69, 9.17) is 0 Å².